The number of hydrogen-bond acceptors (Lipinski definition) is 3. The summed E-state index contributed by atoms with van der Waals surface area (Å²) in [7, 11) is 0. The van der Waals surface area contributed by atoms with Gasteiger partial charge in [0, 0.05) is 18.5 Å². The normalized spacial score (nSPS) is 27.3. The lowest BCUT2D eigenvalue weighted by Crippen LogP contribution is -2.40. The summed E-state index contributed by atoms with van der Waals surface area (Å²) in [6.07, 6.45) is 3.33. The van der Waals surface area contributed by atoms with E-state index < -0.39 is 5.97 Å². The van der Waals surface area contributed by atoms with E-state index in [1.165, 1.54) is 0 Å². The van der Waals surface area contributed by atoms with Gasteiger partial charge in [-0.15, -0.1) is 0 Å². The van der Waals surface area contributed by atoms with E-state index in [9.17, 15) is 9.59 Å². The van der Waals surface area contributed by atoms with Crippen LogP contribution in [0.5, 0.6) is 0 Å². The second-order valence-electron chi connectivity index (χ2n) is 4.61. The van der Waals surface area contributed by atoms with Gasteiger partial charge in [-0.1, -0.05) is 13.3 Å². The number of aliphatic carboxylic acids is 1. The van der Waals surface area contributed by atoms with Gasteiger partial charge < -0.3 is 16.2 Å². The zero-order valence-corrected chi connectivity index (χ0v) is 9.61. The van der Waals surface area contributed by atoms with Crippen molar-refractivity contribution in [2.45, 2.75) is 38.6 Å². The van der Waals surface area contributed by atoms with Crippen LogP contribution < -0.4 is 11.1 Å². The standard InChI is InChI=1S/C11H20N2O3/c1-7(10(12)14)6-13-9-4-2-3-8(5-9)11(15)16/h7-9,13H,2-6H2,1H3,(H2,12,14)(H,15,16). The molecule has 3 atom stereocenters. The van der Waals surface area contributed by atoms with Gasteiger partial charge in [-0.05, 0) is 19.3 Å². The Balaban J connectivity index is 2.32. The van der Waals surface area contributed by atoms with Crippen molar-refractivity contribution in [2.75, 3.05) is 6.54 Å². The van der Waals surface area contributed by atoms with Crippen molar-refractivity contribution in [3.8, 4) is 0 Å². The monoisotopic (exact) mass is 228 g/mol. The molecule has 1 fully saturated rings. The first-order valence-corrected chi connectivity index (χ1v) is 5.76. The Bertz CT molecular complexity index is 268. The minimum Gasteiger partial charge on any atom is -0.481 e. The molecule has 3 unspecified atom stereocenters. The van der Waals surface area contributed by atoms with Gasteiger partial charge in [0.05, 0.1) is 5.92 Å². The van der Waals surface area contributed by atoms with Crippen molar-refractivity contribution in [1.29, 1.82) is 0 Å². The molecule has 1 aliphatic rings. The van der Waals surface area contributed by atoms with Crippen LogP contribution in [0.2, 0.25) is 0 Å². The van der Waals surface area contributed by atoms with Gasteiger partial charge >= 0.3 is 5.97 Å². The molecule has 5 nitrogen and oxygen atoms in total. The minimum absolute atomic E-state index is 0.204. The number of nitrogens with two attached hydrogens (primary N) is 1. The maximum absolute atomic E-state index is 10.8. The Morgan fingerprint density at radius 1 is 1.50 bits per heavy atom. The summed E-state index contributed by atoms with van der Waals surface area (Å²) in [5.74, 6) is -1.48. The Hall–Kier alpha value is -1.10. The summed E-state index contributed by atoms with van der Waals surface area (Å²) in [6.45, 7) is 2.30. The van der Waals surface area contributed by atoms with Crippen LogP contribution in [0.25, 0.3) is 0 Å². The first-order valence-electron chi connectivity index (χ1n) is 5.76. The predicted octanol–water partition coefficient (Wildman–Crippen LogP) is 0.341. The molecule has 5 heteroatoms. The van der Waals surface area contributed by atoms with Crippen molar-refractivity contribution in [3.63, 3.8) is 0 Å². The van der Waals surface area contributed by atoms with E-state index in [4.69, 9.17) is 10.8 Å². The molecule has 0 bridgehead atoms. The van der Waals surface area contributed by atoms with E-state index in [2.05, 4.69) is 5.32 Å². The molecule has 1 saturated carbocycles. The van der Waals surface area contributed by atoms with Crippen LogP contribution in [-0.4, -0.2) is 29.6 Å². The van der Waals surface area contributed by atoms with Crippen LogP contribution in [0.1, 0.15) is 32.6 Å². The second kappa shape index (κ2) is 5.84. The zero-order valence-electron chi connectivity index (χ0n) is 9.61. The fourth-order valence-electron chi connectivity index (χ4n) is 2.04. The highest BCUT2D eigenvalue weighted by Crippen LogP contribution is 2.24. The Morgan fingerprint density at radius 2 is 2.19 bits per heavy atom. The smallest absolute Gasteiger partial charge is 0.306 e. The molecule has 16 heavy (non-hydrogen) atoms. The third-order valence-electron chi connectivity index (χ3n) is 3.22. The number of hydrogen-bond donors (Lipinski definition) is 3. The van der Waals surface area contributed by atoms with Gasteiger partial charge in [-0.2, -0.15) is 0 Å². The zero-order chi connectivity index (χ0) is 12.1. The van der Waals surface area contributed by atoms with Crippen molar-refractivity contribution < 1.29 is 14.7 Å². The Morgan fingerprint density at radius 3 is 2.75 bits per heavy atom. The lowest BCUT2D eigenvalue weighted by Gasteiger charge is -2.28. The van der Waals surface area contributed by atoms with Crippen molar-refractivity contribution in [2.24, 2.45) is 17.6 Å². The van der Waals surface area contributed by atoms with E-state index in [0.717, 1.165) is 19.3 Å². The van der Waals surface area contributed by atoms with Gasteiger partial charge in [0.15, 0.2) is 0 Å². The van der Waals surface area contributed by atoms with E-state index in [0.29, 0.717) is 13.0 Å². The molecule has 1 aliphatic carbocycles. The first kappa shape index (κ1) is 13.0. The number of amides is 1. The fraction of sp³-hybridized carbons (Fsp3) is 0.818. The summed E-state index contributed by atoms with van der Waals surface area (Å²) >= 11 is 0. The quantitative estimate of drug-likeness (QED) is 0.632. The molecule has 0 saturated heterocycles. The molecule has 0 spiro atoms. The molecular weight excluding hydrogens is 208 g/mol. The van der Waals surface area contributed by atoms with Gasteiger partial charge in [0.2, 0.25) is 5.91 Å². The Kier molecular flexibility index (Phi) is 4.73. The molecule has 0 aromatic heterocycles. The molecule has 0 aliphatic heterocycles. The molecule has 1 amide bonds. The van der Waals surface area contributed by atoms with Crippen LogP contribution in [0.15, 0.2) is 0 Å². The SMILES string of the molecule is CC(CNC1CCCC(C(=O)O)C1)C(N)=O. The molecular formula is C11H20N2O3. The van der Waals surface area contributed by atoms with E-state index in [-0.39, 0.29) is 23.8 Å². The van der Waals surface area contributed by atoms with Gasteiger partial charge in [-0.3, -0.25) is 9.59 Å². The predicted molar refractivity (Wildman–Crippen MR) is 59.7 cm³/mol. The summed E-state index contributed by atoms with van der Waals surface area (Å²) in [6, 6.07) is 0.205. The van der Waals surface area contributed by atoms with Crippen molar-refractivity contribution >= 4 is 11.9 Å². The molecule has 0 aromatic rings. The molecule has 1 rings (SSSR count). The second-order valence-corrected chi connectivity index (χ2v) is 4.61. The molecule has 92 valence electrons. The number of rotatable bonds is 5. The number of carbonyl (C=O) groups excluding carboxylic acids is 1. The third-order valence-corrected chi connectivity index (χ3v) is 3.22. The lowest BCUT2D eigenvalue weighted by atomic mass is 9.85. The summed E-state index contributed by atoms with van der Waals surface area (Å²) in [4.78, 5) is 21.7. The van der Waals surface area contributed by atoms with Gasteiger partial charge in [-0.25, -0.2) is 0 Å². The molecule has 0 radical (unpaired) electrons. The largest absolute Gasteiger partial charge is 0.481 e. The average molecular weight is 228 g/mol. The van der Waals surface area contributed by atoms with Gasteiger partial charge in [0.1, 0.15) is 0 Å². The van der Waals surface area contributed by atoms with E-state index in [1.54, 1.807) is 6.92 Å². The van der Waals surface area contributed by atoms with Crippen LogP contribution in [0.4, 0.5) is 0 Å². The number of carboxylic acids is 1. The maximum Gasteiger partial charge on any atom is 0.306 e. The fourth-order valence-corrected chi connectivity index (χ4v) is 2.04. The number of primary amides is 1. The highest BCUT2D eigenvalue weighted by atomic mass is 16.4. The Labute approximate surface area is 95.4 Å². The summed E-state index contributed by atoms with van der Waals surface area (Å²) in [5, 5.41) is 12.1. The van der Waals surface area contributed by atoms with Gasteiger partial charge in [0.25, 0.3) is 0 Å². The molecule has 0 heterocycles. The van der Waals surface area contributed by atoms with Crippen molar-refractivity contribution in [3.05, 3.63) is 0 Å². The molecule has 0 aromatic carbocycles. The average Bonchev–Trinajstić information content (AvgIpc) is 2.26. The first-order chi connectivity index (χ1) is 7.50. The summed E-state index contributed by atoms with van der Waals surface area (Å²) in [5.41, 5.74) is 5.15. The van der Waals surface area contributed by atoms with E-state index in [1.807, 2.05) is 0 Å². The van der Waals surface area contributed by atoms with Crippen LogP contribution >= 0.6 is 0 Å². The van der Waals surface area contributed by atoms with Crippen LogP contribution in [0.3, 0.4) is 0 Å². The topological polar surface area (TPSA) is 92.4 Å². The number of carboxylic acid groups (broad SMARTS) is 1. The maximum atomic E-state index is 10.8. The number of carbonyl (C=O) groups is 2. The van der Waals surface area contributed by atoms with Crippen molar-refractivity contribution in [1.82, 2.24) is 5.32 Å². The molecule has 4 N–H and O–H groups in total. The summed E-state index contributed by atoms with van der Waals surface area (Å²) < 4.78 is 0. The minimum atomic E-state index is -0.713. The van der Waals surface area contributed by atoms with E-state index >= 15 is 0 Å². The van der Waals surface area contributed by atoms with Crippen LogP contribution in [-0.2, 0) is 9.59 Å². The highest BCUT2D eigenvalue weighted by Gasteiger charge is 2.26. The van der Waals surface area contributed by atoms with Crippen LogP contribution in [0, 0.1) is 11.8 Å². The number of nitrogens with one attached hydrogen (secondary N) is 1. The third kappa shape index (κ3) is 3.81. The lowest BCUT2D eigenvalue weighted by molar-refractivity contribution is -0.143. The highest BCUT2D eigenvalue weighted by molar-refractivity contribution is 5.76.